The summed E-state index contributed by atoms with van der Waals surface area (Å²) in [5.41, 5.74) is 9.18. The summed E-state index contributed by atoms with van der Waals surface area (Å²) in [6.07, 6.45) is 3.49. The van der Waals surface area contributed by atoms with Gasteiger partial charge in [-0.15, -0.1) is 0 Å². The van der Waals surface area contributed by atoms with Crippen molar-refractivity contribution >= 4 is 26.9 Å². The molecule has 4 heteroatoms. The van der Waals surface area contributed by atoms with Gasteiger partial charge in [0.15, 0.2) is 0 Å². The highest BCUT2D eigenvalue weighted by molar-refractivity contribution is 9.10. The third-order valence-corrected chi connectivity index (χ3v) is 3.59. The van der Waals surface area contributed by atoms with E-state index in [-0.39, 0.29) is 6.04 Å². The van der Waals surface area contributed by atoms with Crippen LogP contribution in [0.5, 0.6) is 0 Å². The lowest BCUT2D eigenvalue weighted by Crippen LogP contribution is -2.11. The van der Waals surface area contributed by atoms with E-state index in [4.69, 9.17) is 10.2 Å². The van der Waals surface area contributed by atoms with Crippen molar-refractivity contribution < 1.29 is 4.42 Å². The van der Waals surface area contributed by atoms with E-state index in [1.54, 1.807) is 12.4 Å². The number of para-hydroxylation sites is 1. The lowest BCUT2D eigenvalue weighted by Gasteiger charge is -2.08. The summed E-state index contributed by atoms with van der Waals surface area (Å²) in [5.74, 6) is 0.754. The predicted octanol–water partition coefficient (Wildman–Crippen LogP) is 3.95. The molecule has 3 aromatic rings. The molecular weight excluding hydrogens is 304 g/mol. The first-order valence-electron chi connectivity index (χ1n) is 6.00. The van der Waals surface area contributed by atoms with Crippen LogP contribution in [0.4, 0.5) is 0 Å². The molecule has 1 atom stereocenters. The van der Waals surface area contributed by atoms with E-state index in [0.29, 0.717) is 0 Å². The van der Waals surface area contributed by atoms with E-state index >= 15 is 0 Å². The van der Waals surface area contributed by atoms with Crippen molar-refractivity contribution in [3.8, 4) is 0 Å². The average Bonchev–Trinajstić information content (AvgIpc) is 2.83. The Kier molecular flexibility index (Phi) is 3.12. The molecule has 0 bridgehead atoms. The van der Waals surface area contributed by atoms with E-state index < -0.39 is 0 Å². The molecule has 0 saturated heterocycles. The van der Waals surface area contributed by atoms with Crippen LogP contribution in [-0.4, -0.2) is 4.98 Å². The number of nitrogens with two attached hydrogens (primary N) is 1. The number of halogens is 1. The fourth-order valence-electron chi connectivity index (χ4n) is 2.14. The van der Waals surface area contributed by atoms with Crippen LogP contribution in [0.2, 0.25) is 0 Å². The van der Waals surface area contributed by atoms with Crippen molar-refractivity contribution in [3.05, 3.63) is 64.1 Å². The normalized spacial score (nSPS) is 12.8. The van der Waals surface area contributed by atoms with Gasteiger partial charge in [0.1, 0.15) is 11.3 Å². The third kappa shape index (κ3) is 2.29. The van der Waals surface area contributed by atoms with Crippen molar-refractivity contribution in [2.75, 3.05) is 0 Å². The smallest absolute Gasteiger partial charge is 0.137 e. The molecule has 96 valence electrons. The first kappa shape index (κ1) is 12.4. The monoisotopic (exact) mass is 316 g/mol. The zero-order valence-corrected chi connectivity index (χ0v) is 12.0. The summed E-state index contributed by atoms with van der Waals surface area (Å²) in [6, 6.07) is 9.72. The average molecular weight is 317 g/mol. The van der Waals surface area contributed by atoms with Gasteiger partial charge in [0.05, 0.1) is 6.04 Å². The van der Waals surface area contributed by atoms with Crippen LogP contribution in [0.25, 0.3) is 11.0 Å². The summed E-state index contributed by atoms with van der Waals surface area (Å²) in [6.45, 7) is 2.03. The Morgan fingerprint density at radius 3 is 2.84 bits per heavy atom. The van der Waals surface area contributed by atoms with Crippen molar-refractivity contribution in [1.82, 2.24) is 4.98 Å². The van der Waals surface area contributed by atoms with Gasteiger partial charge in [-0.05, 0) is 46.1 Å². The van der Waals surface area contributed by atoms with Crippen molar-refractivity contribution in [3.63, 3.8) is 0 Å². The number of aryl methyl sites for hydroxylation is 1. The largest absolute Gasteiger partial charge is 0.459 e. The lowest BCUT2D eigenvalue weighted by atomic mass is 10.1. The van der Waals surface area contributed by atoms with Crippen molar-refractivity contribution in [2.45, 2.75) is 13.0 Å². The number of pyridine rings is 1. The molecule has 3 nitrogen and oxygen atoms in total. The van der Waals surface area contributed by atoms with Gasteiger partial charge in [0.25, 0.3) is 0 Å². The number of aromatic nitrogens is 1. The number of hydrogen-bond acceptors (Lipinski definition) is 3. The zero-order valence-electron chi connectivity index (χ0n) is 10.4. The van der Waals surface area contributed by atoms with Gasteiger partial charge in [-0.25, -0.2) is 0 Å². The minimum Gasteiger partial charge on any atom is -0.459 e. The van der Waals surface area contributed by atoms with Crippen LogP contribution in [0, 0.1) is 6.92 Å². The van der Waals surface area contributed by atoms with E-state index in [9.17, 15) is 0 Å². The maximum absolute atomic E-state index is 6.24. The van der Waals surface area contributed by atoms with Crippen LogP contribution >= 0.6 is 15.9 Å². The minimum absolute atomic E-state index is 0.309. The van der Waals surface area contributed by atoms with Crippen molar-refractivity contribution in [2.24, 2.45) is 5.73 Å². The van der Waals surface area contributed by atoms with Gasteiger partial charge < -0.3 is 10.2 Å². The molecule has 0 aliphatic rings. The van der Waals surface area contributed by atoms with E-state index in [1.807, 2.05) is 37.3 Å². The third-order valence-electron chi connectivity index (χ3n) is 3.15. The molecule has 3 rings (SSSR count). The minimum atomic E-state index is -0.309. The van der Waals surface area contributed by atoms with Crippen LogP contribution in [0.15, 0.2) is 51.6 Å². The summed E-state index contributed by atoms with van der Waals surface area (Å²) in [7, 11) is 0. The van der Waals surface area contributed by atoms with Gasteiger partial charge in [-0.3, -0.25) is 4.98 Å². The van der Waals surface area contributed by atoms with Crippen molar-refractivity contribution in [1.29, 1.82) is 0 Å². The Balaban J connectivity index is 2.06. The van der Waals surface area contributed by atoms with Crippen LogP contribution in [0.3, 0.4) is 0 Å². The predicted molar refractivity (Wildman–Crippen MR) is 78.9 cm³/mol. The molecular formula is C15H13BrN2O. The van der Waals surface area contributed by atoms with Crippen LogP contribution < -0.4 is 5.73 Å². The number of rotatable bonds is 2. The second-order valence-electron chi connectivity index (χ2n) is 4.56. The Bertz CT molecular complexity index is 736. The second kappa shape index (κ2) is 4.79. The Hall–Kier alpha value is -1.65. The summed E-state index contributed by atoms with van der Waals surface area (Å²) in [4.78, 5) is 4.13. The Morgan fingerprint density at radius 2 is 2.11 bits per heavy atom. The number of nitrogens with zero attached hydrogens (tertiary/aromatic N) is 1. The zero-order chi connectivity index (χ0) is 13.4. The highest BCUT2D eigenvalue weighted by Gasteiger charge is 2.15. The van der Waals surface area contributed by atoms with Gasteiger partial charge in [0.2, 0.25) is 0 Å². The molecule has 0 fully saturated rings. The Morgan fingerprint density at radius 1 is 1.26 bits per heavy atom. The molecule has 2 N–H and O–H groups in total. The highest BCUT2D eigenvalue weighted by Crippen LogP contribution is 2.29. The van der Waals surface area contributed by atoms with Crippen LogP contribution in [0.1, 0.15) is 22.9 Å². The van der Waals surface area contributed by atoms with Gasteiger partial charge in [-0.2, -0.15) is 0 Å². The highest BCUT2D eigenvalue weighted by atomic mass is 79.9. The molecule has 0 saturated carbocycles. The first-order chi connectivity index (χ1) is 9.15. The first-order valence-corrected chi connectivity index (χ1v) is 6.79. The summed E-state index contributed by atoms with van der Waals surface area (Å²) >= 11 is 3.40. The second-order valence-corrected chi connectivity index (χ2v) is 5.47. The molecule has 0 radical (unpaired) electrons. The summed E-state index contributed by atoms with van der Waals surface area (Å²) < 4.78 is 6.80. The number of fused-ring (bicyclic) bond motifs is 1. The van der Waals surface area contributed by atoms with Gasteiger partial charge >= 0.3 is 0 Å². The standard InChI is InChI=1S/C15H13BrN2O/c1-9-3-2-4-10-6-13(19-15(9)10)14(17)11-5-12(16)8-18-7-11/h2-8,14H,17H2,1H3. The number of furan rings is 1. The molecule has 0 amide bonds. The number of hydrogen-bond donors (Lipinski definition) is 1. The summed E-state index contributed by atoms with van der Waals surface area (Å²) in [5, 5.41) is 1.08. The van der Waals surface area contributed by atoms with Gasteiger partial charge in [0, 0.05) is 22.3 Å². The lowest BCUT2D eigenvalue weighted by molar-refractivity contribution is 0.523. The maximum atomic E-state index is 6.24. The molecule has 0 spiro atoms. The molecule has 1 unspecified atom stereocenters. The fraction of sp³-hybridized carbons (Fsp3) is 0.133. The number of benzene rings is 1. The molecule has 0 aliphatic heterocycles. The van der Waals surface area contributed by atoms with E-state index in [0.717, 1.165) is 32.3 Å². The van der Waals surface area contributed by atoms with E-state index in [2.05, 4.69) is 20.9 Å². The van der Waals surface area contributed by atoms with E-state index in [1.165, 1.54) is 0 Å². The topological polar surface area (TPSA) is 52.0 Å². The van der Waals surface area contributed by atoms with Gasteiger partial charge in [-0.1, -0.05) is 18.2 Å². The molecule has 2 aromatic heterocycles. The fourth-order valence-corrected chi connectivity index (χ4v) is 2.53. The molecule has 0 aliphatic carbocycles. The van der Waals surface area contributed by atoms with Crippen LogP contribution in [-0.2, 0) is 0 Å². The quantitative estimate of drug-likeness (QED) is 0.779. The maximum Gasteiger partial charge on any atom is 0.137 e. The SMILES string of the molecule is Cc1cccc2cc(C(N)c3cncc(Br)c3)oc12. The Labute approximate surface area is 119 Å². The molecule has 19 heavy (non-hydrogen) atoms. The molecule has 2 heterocycles. The molecule has 1 aromatic carbocycles.